The number of hydrogen-bond acceptors (Lipinski definition) is 1. The minimum atomic E-state index is -2.53. The molecule has 0 aromatic heterocycles. The molecule has 1 rings (SSSR count). The lowest BCUT2D eigenvalue weighted by Gasteiger charge is -2.17. The third-order valence-electron chi connectivity index (χ3n) is 1.67. The molecular weight excluding hydrogens is 124 g/mol. The normalized spacial score (nSPS) is 29.0. The Morgan fingerprint density at radius 3 is 2.44 bits per heavy atom. The molecule has 0 radical (unpaired) electrons. The minimum Gasteiger partial charge on any atom is -0.309 e. The van der Waals surface area contributed by atoms with Crippen molar-refractivity contribution in [2.45, 2.75) is 31.7 Å². The van der Waals surface area contributed by atoms with Crippen LogP contribution in [0.25, 0.3) is 0 Å². The van der Waals surface area contributed by atoms with Crippen molar-refractivity contribution >= 4 is 0 Å². The van der Waals surface area contributed by atoms with Gasteiger partial charge in [0, 0.05) is 6.92 Å². The molecular formula is C6H11F2N. The van der Waals surface area contributed by atoms with Crippen molar-refractivity contribution in [1.29, 1.82) is 0 Å². The van der Waals surface area contributed by atoms with Gasteiger partial charge in [-0.3, -0.25) is 0 Å². The van der Waals surface area contributed by atoms with E-state index in [0.29, 0.717) is 6.42 Å². The van der Waals surface area contributed by atoms with Crippen LogP contribution in [-0.4, -0.2) is 18.5 Å². The van der Waals surface area contributed by atoms with E-state index in [1.54, 1.807) is 0 Å². The van der Waals surface area contributed by atoms with Crippen LogP contribution >= 0.6 is 0 Å². The molecule has 3 heteroatoms. The monoisotopic (exact) mass is 135 g/mol. The summed E-state index contributed by atoms with van der Waals surface area (Å²) in [7, 11) is 0. The SMILES string of the molecule is CC(F)(F)[C@@H]1CCCN1. The molecule has 1 saturated heterocycles. The molecule has 0 aromatic rings. The van der Waals surface area contributed by atoms with Crippen LogP contribution in [0.5, 0.6) is 0 Å². The quantitative estimate of drug-likeness (QED) is 0.573. The standard InChI is InChI=1S/C6H11F2N/c1-6(7,8)5-3-2-4-9-5/h5,9H,2-4H2,1H3/t5-/m0/s1. The third kappa shape index (κ3) is 1.61. The number of hydrogen-bond donors (Lipinski definition) is 1. The van der Waals surface area contributed by atoms with Crippen LogP contribution in [0.4, 0.5) is 8.78 Å². The summed E-state index contributed by atoms with van der Waals surface area (Å²) in [6, 6.07) is -0.572. The largest absolute Gasteiger partial charge is 0.309 e. The molecule has 1 heterocycles. The highest BCUT2D eigenvalue weighted by Crippen LogP contribution is 2.23. The lowest BCUT2D eigenvalue weighted by Crippen LogP contribution is -2.37. The fourth-order valence-corrected chi connectivity index (χ4v) is 1.12. The van der Waals surface area contributed by atoms with Gasteiger partial charge in [0.15, 0.2) is 0 Å². The molecule has 0 aromatic carbocycles. The Balaban J connectivity index is 2.42. The van der Waals surface area contributed by atoms with Gasteiger partial charge in [-0.15, -0.1) is 0 Å². The lowest BCUT2D eigenvalue weighted by atomic mass is 10.1. The van der Waals surface area contributed by atoms with Crippen molar-refractivity contribution in [1.82, 2.24) is 5.32 Å². The van der Waals surface area contributed by atoms with Gasteiger partial charge in [-0.2, -0.15) is 0 Å². The Labute approximate surface area is 53.4 Å². The van der Waals surface area contributed by atoms with Gasteiger partial charge in [-0.25, -0.2) is 8.78 Å². The number of nitrogens with one attached hydrogen (secondary N) is 1. The van der Waals surface area contributed by atoms with E-state index in [-0.39, 0.29) is 0 Å². The Morgan fingerprint density at radius 2 is 2.22 bits per heavy atom. The van der Waals surface area contributed by atoms with Crippen molar-refractivity contribution in [2.75, 3.05) is 6.54 Å². The summed E-state index contributed by atoms with van der Waals surface area (Å²) in [6.07, 6.45) is 1.50. The Hall–Kier alpha value is -0.180. The van der Waals surface area contributed by atoms with Gasteiger partial charge in [-0.1, -0.05) is 0 Å². The molecule has 1 aliphatic heterocycles. The summed E-state index contributed by atoms with van der Waals surface area (Å²) < 4.78 is 24.7. The number of halogens is 2. The highest BCUT2D eigenvalue weighted by molar-refractivity contribution is 4.83. The lowest BCUT2D eigenvalue weighted by molar-refractivity contribution is -0.0118. The maximum atomic E-state index is 12.4. The van der Waals surface area contributed by atoms with Crippen molar-refractivity contribution < 1.29 is 8.78 Å². The highest BCUT2D eigenvalue weighted by Gasteiger charge is 2.35. The molecule has 0 unspecified atom stereocenters. The zero-order valence-electron chi connectivity index (χ0n) is 5.45. The van der Waals surface area contributed by atoms with Gasteiger partial charge < -0.3 is 5.32 Å². The topological polar surface area (TPSA) is 12.0 Å². The first kappa shape index (κ1) is 6.93. The summed E-state index contributed by atoms with van der Waals surface area (Å²) in [5.74, 6) is -2.53. The van der Waals surface area contributed by atoms with Gasteiger partial charge in [-0.05, 0) is 19.4 Å². The van der Waals surface area contributed by atoms with Gasteiger partial charge in [0.1, 0.15) is 0 Å². The summed E-state index contributed by atoms with van der Waals surface area (Å²) >= 11 is 0. The first-order valence-electron chi connectivity index (χ1n) is 3.22. The maximum absolute atomic E-state index is 12.4. The first-order chi connectivity index (χ1) is 4.11. The van der Waals surface area contributed by atoms with Crippen LogP contribution in [0, 0.1) is 0 Å². The van der Waals surface area contributed by atoms with E-state index in [4.69, 9.17) is 0 Å². The van der Waals surface area contributed by atoms with Gasteiger partial charge in [0.05, 0.1) is 6.04 Å². The van der Waals surface area contributed by atoms with Crippen molar-refractivity contribution in [3.63, 3.8) is 0 Å². The molecule has 1 fully saturated rings. The summed E-state index contributed by atoms with van der Waals surface area (Å²) in [4.78, 5) is 0. The first-order valence-corrected chi connectivity index (χ1v) is 3.22. The van der Waals surface area contributed by atoms with Crippen LogP contribution in [0.3, 0.4) is 0 Å². The van der Waals surface area contributed by atoms with E-state index in [1.807, 2.05) is 0 Å². The van der Waals surface area contributed by atoms with E-state index in [0.717, 1.165) is 19.9 Å². The van der Waals surface area contributed by atoms with Crippen LogP contribution in [-0.2, 0) is 0 Å². The maximum Gasteiger partial charge on any atom is 0.260 e. The van der Waals surface area contributed by atoms with Crippen LogP contribution < -0.4 is 5.32 Å². The minimum absolute atomic E-state index is 0.572. The Morgan fingerprint density at radius 1 is 1.56 bits per heavy atom. The molecule has 0 aliphatic carbocycles. The summed E-state index contributed by atoms with van der Waals surface area (Å²) in [5.41, 5.74) is 0. The molecule has 1 atom stereocenters. The van der Waals surface area contributed by atoms with Crippen LogP contribution in [0.1, 0.15) is 19.8 Å². The molecule has 0 spiro atoms. The second kappa shape index (κ2) is 2.21. The predicted octanol–water partition coefficient (Wildman–Crippen LogP) is 1.39. The van der Waals surface area contributed by atoms with Gasteiger partial charge >= 0.3 is 0 Å². The number of alkyl halides is 2. The second-order valence-electron chi connectivity index (χ2n) is 2.61. The summed E-state index contributed by atoms with van der Waals surface area (Å²) in [6.45, 7) is 1.71. The zero-order chi connectivity index (χ0) is 6.91. The molecule has 1 nitrogen and oxygen atoms in total. The highest BCUT2D eigenvalue weighted by atomic mass is 19.3. The van der Waals surface area contributed by atoms with E-state index in [2.05, 4.69) is 5.32 Å². The average Bonchev–Trinajstić information content (AvgIpc) is 2.08. The smallest absolute Gasteiger partial charge is 0.260 e. The van der Waals surface area contributed by atoms with E-state index in [9.17, 15) is 8.78 Å². The summed E-state index contributed by atoms with van der Waals surface area (Å²) in [5, 5.41) is 2.75. The van der Waals surface area contributed by atoms with E-state index < -0.39 is 12.0 Å². The number of rotatable bonds is 1. The Kier molecular flexibility index (Phi) is 1.70. The molecule has 0 amide bonds. The molecule has 1 N–H and O–H groups in total. The fraction of sp³-hybridized carbons (Fsp3) is 1.00. The van der Waals surface area contributed by atoms with E-state index >= 15 is 0 Å². The van der Waals surface area contributed by atoms with E-state index in [1.165, 1.54) is 0 Å². The van der Waals surface area contributed by atoms with Crippen LogP contribution in [0.15, 0.2) is 0 Å². The van der Waals surface area contributed by atoms with Crippen LogP contribution in [0.2, 0.25) is 0 Å². The molecule has 0 saturated carbocycles. The Bertz CT molecular complexity index is 91.7. The fourth-order valence-electron chi connectivity index (χ4n) is 1.12. The van der Waals surface area contributed by atoms with Gasteiger partial charge in [0.2, 0.25) is 0 Å². The molecule has 54 valence electrons. The van der Waals surface area contributed by atoms with Crippen molar-refractivity contribution in [3.05, 3.63) is 0 Å². The van der Waals surface area contributed by atoms with Crippen molar-refractivity contribution in [2.24, 2.45) is 0 Å². The predicted molar refractivity (Wildman–Crippen MR) is 31.6 cm³/mol. The third-order valence-corrected chi connectivity index (χ3v) is 1.67. The molecule has 0 bridgehead atoms. The second-order valence-corrected chi connectivity index (χ2v) is 2.61. The van der Waals surface area contributed by atoms with Gasteiger partial charge in [0.25, 0.3) is 5.92 Å². The average molecular weight is 135 g/mol. The van der Waals surface area contributed by atoms with Crippen molar-refractivity contribution in [3.8, 4) is 0 Å². The molecule has 9 heavy (non-hydrogen) atoms. The molecule has 1 aliphatic rings. The zero-order valence-corrected chi connectivity index (χ0v) is 5.45.